The topological polar surface area (TPSA) is 20.3 Å². The Balaban J connectivity index is 2.06. The number of rotatable bonds is 8. The number of unbranched alkanes of at least 4 members (excludes halogenated alkanes) is 1. The van der Waals surface area contributed by atoms with E-state index in [0.29, 0.717) is 6.42 Å². The molecule has 0 aromatic heterocycles. The Morgan fingerprint density at radius 1 is 1.30 bits per heavy atom. The number of halogens is 1. The van der Waals surface area contributed by atoms with Crippen LogP contribution in [0.1, 0.15) is 37.3 Å². The molecule has 1 aliphatic carbocycles. The van der Waals surface area contributed by atoms with Gasteiger partial charge in [0.2, 0.25) is 0 Å². The molecule has 1 atom stereocenters. The molecule has 0 radical (unpaired) electrons. The molecule has 1 saturated carbocycles. The van der Waals surface area contributed by atoms with Crippen molar-refractivity contribution in [2.24, 2.45) is 5.92 Å². The number of allylic oxidation sites excluding steroid dienone is 1. The van der Waals surface area contributed by atoms with Crippen LogP contribution in [0, 0.1) is 11.7 Å². The largest absolute Gasteiger partial charge is 0.303 e. The van der Waals surface area contributed by atoms with Gasteiger partial charge in [0, 0.05) is 13.0 Å². The zero-order valence-corrected chi connectivity index (χ0v) is 12.0. The van der Waals surface area contributed by atoms with Gasteiger partial charge >= 0.3 is 0 Å². The van der Waals surface area contributed by atoms with Crippen molar-refractivity contribution in [1.82, 2.24) is 4.90 Å². The van der Waals surface area contributed by atoms with Crippen LogP contribution < -0.4 is 0 Å². The van der Waals surface area contributed by atoms with Crippen LogP contribution in [0.2, 0.25) is 0 Å². The van der Waals surface area contributed by atoms with E-state index in [-0.39, 0.29) is 11.9 Å². The summed E-state index contributed by atoms with van der Waals surface area (Å²) < 4.78 is 13.1. The first kappa shape index (κ1) is 14.9. The number of nitrogens with zero attached hydrogens (tertiary/aromatic N) is 1. The minimum absolute atomic E-state index is 0.155. The van der Waals surface area contributed by atoms with E-state index >= 15 is 0 Å². The lowest BCUT2D eigenvalue weighted by molar-refractivity contribution is -0.107. The van der Waals surface area contributed by atoms with Gasteiger partial charge in [-0.1, -0.05) is 24.3 Å². The first-order valence-electron chi connectivity index (χ1n) is 7.26. The maximum Gasteiger partial charge on any atom is 0.123 e. The van der Waals surface area contributed by atoms with Crippen molar-refractivity contribution in [2.45, 2.75) is 31.7 Å². The van der Waals surface area contributed by atoms with Crippen molar-refractivity contribution in [3.8, 4) is 0 Å². The van der Waals surface area contributed by atoms with Crippen LogP contribution in [0.5, 0.6) is 0 Å². The Morgan fingerprint density at radius 2 is 2.00 bits per heavy atom. The van der Waals surface area contributed by atoms with Crippen LogP contribution >= 0.6 is 0 Å². The quantitative estimate of drug-likeness (QED) is 0.409. The van der Waals surface area contributed by atoms with Crippen molar-refractivity contribution in [2.75, 3.05) is 13.6 Å². The number of carbonyl (C=O) groups is 1. The van der Waals surface area contributed by atoms with Gasteiger partial charge in [-0.15, -0.1) is 0 Å². The Morgan fingerprint density at radius 3 is 2.60 bits per heavy atom. The molecule has 3 heteroatoms. The molecule has 108 valence electrons. The summed E-state index contributed by atoms with van der Waals surface area (Å²) in [5.74, 6) is 0.605. The standard InChI is InChI=1S/C17H22FNO/c1-19(13-14-6-7-14)17(5-3-2-4-12-20)15-8-10-16(18)11-9-15/h3,5,8-12,14,17H,2,4,6-7,13H2,1H3/b5-3-/t17-/m0/s1. The van der Waals surface area contributed by atoms with E-state index in [2.05, 4.69) is 18.0 Å². The molecule has 0 heterocycles. The summed E-state index contributed by atoms with van der Waals surface area (Å²) in [6.45, 7) is 1.07. The fourth-order valence-electron chi connectivity index (χ4n) is 2.38. The molecule has 0 saturated heterocycles. The van der Waals surface area contributed by atoms with E-state index < -0.39 is 0 Å². The van der Waals surface area contributed by atoms with Gasteiger partial charge in [-0.2, -0.15) is 0 Å². The average Bonchev–Trinajstić information content (AvgIpc) is 3.24. The van der Waals surface area contributed by atoms with Crippen molar-refractivity contribution in [3.63, 3.8) is 0 Å². The van der Waals surface area contributed by atoms with Crippen LogP contribution in [0.15, 0.2) is 36.4 Å². The molecule has 0 aliphatic heterocycles. The van der Waals surface area contributed by atoms with Gasteiger partial charge in [0.1, 0.15) is 12.1 Å². The summed E-state index contributed by atoms with van der Waals surface area (Å²) in [4.78, 5) is 12.7. The third-order valence-corrected chi connectivity index (χ3v) is 3.70. The second-order valence-electron chi connectivity index (χ2n) is 5.55. The molecule has 1 fully saturated rings. The van der Waals surface area contributed by atoms with Gasteiger partial charge in [0.05, 0.1) is 6.04 Å². The van der Waals surface area contributed by atoms with Crippen LogP contribution in [0.3, 0.4) is 0 Å². The Bertz CT molecular complexity index is 451. The van der Waals surface area contributed by atoms with E-state index in [1.165, 1.54) is 25.0 Å². The lowest BCUT2D eigenvalue weighted by Gasteiger charge is -2.26. The summed E-state index contributed by atoms with van der Waals surface area (Å²) >= 11 is 0. The Hall–Kier alpha value is -1.48. The second-order valence-corrected chi connectivity index (χ2v) is 5.55. The highest BCUT2D eigenvalue weighted by atomic mass is 19.1. The van der Waals surface area contributed by atoms with E-state index in [1.807, 2.05) is 18.2 Å². The van der Waals surface area contributed by atoms with Gasteiger partial charge < -0.3 is 4.79 Å². The zero-order valence-electron chi connectivity index (χ0n) is 12.0. The number of likely N-dealkylation sites (N-methyl/N-ethyl adjacent to an activating group) is 1. The molecule has 2 nitrogen and oxygen atoms in total. The van der Waals surface area contributed by atoms with Gasteiger partial charge in [0.15, 0.2) is 0 Å². The van der Waals surface area contributed by atoms with Crippen molar-refractivity contribution in [3.05, 3.63) is 47.8 Å². The van der Waals surface area contributed by atoms with E-state index in [0.717, 1.165) is 30.7 Å². The fourth-order valence-corrected chi connectivity index (χ4v) is 2.38. The first-order valence-corrected chi connectivity index (χ1v) is 7.26. The first-order chi connectivity index (χ1) is 9.70. The van der Waals surface area contributed by atoms with Gasteiger partial charge in [0.25, 0.3) is 0 Å². The summed E-state index contributed by atoms with van der Waals surface area (Å²) in [6.07, 6.45) is 9.05. The highest BCUT2D eigenvalue weighted by molar-refractivity contribution is 5.49. The minimum Gasteiger partial charge on any atom is -0.303 e. The molecule has 1 aromatic carbocycles. The molecule has 0 N–H and O–H groups in total. The van der Waals surface area contributed by atoms with Gasteiger partial charge in [-0.25, -0.2) is 4.39 Å². The number of hydrogen-bond acceptors (Lipinski definition) is 2. The Kier molecular flexibility index (Phi) is 5.48. The molecule has 1 aliphatic rings. The van der Waals surface area contributed by atoms with Crippen LogP contribution in [-0.2, 0) is 4.79 Å². The van der Waals surface area contributed by atoms with Crippen molar-refractivity contribution >= 4 is 6.29 Å². The maximum absolute atomic E-state index is 13.1. The van der Waals surface area contributed by atoms with E-state index in [1.54, 1.807) is 0 Å². The number of benzene rings is 1. The average molecular weight is 275 g/mol. The summed E-state index contributed by atoms with van der Waals surface area (Å²) in [7, 11) is 2.11. The monoisotopic (exact) mass is 275 g/mol. The highest BCUT2D eigenvalue weighted by Gasteiger charge is 2.25. The summed E-state index contributed by atoms with van der Waals surface area (Å²) in [5, 5.41) is 0. The summed E-state index contributed by atoms with van der Waals surface area (Å²) in [6, 6.07) is 6.85. The molecular weight excluding hydrogens is 253 g/mol. The Labute approximate surface area is 120 Å². The third-order valence-electron chi connectivity index (χ3n) is 3.70. The molecule has 0 unspecified atom stereocenters. The zero-order chi connectivity index (χ0) is 14.4. The smallest absolute Gasteiger partial charge is 0.123 e. The third kappa shape index (κ3) is 4.57. The molecule has 2 rings (SSSR count). The van der Waals surface area contributed by atoms with Crippen molar-refractivity contribution in [1.29, 1.82) is 0 Å². The predicted molar refractivity (Wildman–Crippen MR) is 78.9 cm³/mol. The number of aldehydes is 1. The molecular formula is C17H22FNO. The van der Waals surface area contributed by atoms with Crippen LogP contribution in [-0.4, -0.2) is 24.8 Å². The summed E-state index contributed by atoms with van der Waals surface area (Å²) in [5.41, 5.74) is 1.09. The predicted octanol–water partition coefficient (Wildman–Crippen LogP) is 3.74. The van der Waals surface area contributed by atoms with Gasteiger partial charge in [-0.05, 0) is 49.9 Å². The van der Waals surface area contributed by atoms with Gasteiger partial charge in [-0.3, -0.25) is 4.90 Å². The SMILES string of the molecule is CN(CC1CC1)[C@@H](/C=C\CCC=O)c1ccc(F)cc1. The molecule has 0 bridgehead atoms. The highest BCUT2D eigenvalue weighted by Crippen LogP contribution is 2.32. The maximum atomic E-state index is 13.1. The number of hydrogen-bond donors (Lipinski definition) is 0. The molecule has 0 spiro atoms. The fraction of sp³-hybridized carbons (Fsp3) is 0.471. The van der Waals surface area contributed by atoms with Crippen molar-refractivity contribution < 1.29 is 9.18 Å². The number of carbonyl (C=O) groups excluding carboxylic acids is 1. The second kappa shape index (κ2) is 7.34. The minimum atomic E-state index is -0.206. The lowest BCUT2D eigenvalue weighted by atomic mass is 10.0. The van der Waals surface area contributed by atoms with Crippen LogP contribution in [0.25, 0.3) is 0 Å². The molecule has 0 amide bonds. The molecule has 1 aromatic rings. The van der Waals surface area contributed by atoms with E-state index in [4.69, 9.17) is 0 Å². The normalized spacial score (nSPS) is 16.8. The van der Waals surface area contributed by atoms with Crippen LogP contribution in [0.4, 0.5) is 4.39 Å². The lowest BCUT2D eigenvalue weighted by Crippen LogP contribution is -2.25. The van der Waals surface area contributed by atoms with E-state index in [9.17, 15) is 9.18 Å². The molecule has 20 heavy (non-hydrogen) atoms.